The molecule has 0 N–H and O–H groups in total. The summed E-state index contributed by atoms with van der Waals surface area (Å²) >= 11 is 0. The van der Waals surface area contributed by atoms with Gasteiger partial charge in [-0.15, -0.1) is 0 Å². The second-order valence-electron chi connectivity index (χ2n) is 1.88. The summed E-state index contributed by atoms with van der Waals surface area (Å²) in [6.07, 6.45) is 4.99. The molecule has 2 heteroatoms. The van der Waals surface area contributed by atoms with E-state index in [-0.39, 0.29) is 7.43 Å². The average Bonchev–Trinajstić information content (AvgIpc) is 2.40. The average molecular weight is 156 g/mol. The third kappa shape index (κ3) is 4.59. The molecule has 0 aliphatic carbocycles. The third-order valence-electron chi connectivity index (χ3n) is 1.17. The molecule has 0 aromatic carbocycles. The van der Waals surface area contributed by atoms with Gasteiger partial charge in [0.1, 0.15) is 0 Å². The molecular formula is C9H20N2. The molecule has 0 saturated heterocycles. The highest BCUT2D eigenvalue weighted by Crippen LogP contribution is 1.94. The first-order chi connectivity index (χ1) is 4.83. The van der Waals surface area contributed by atoms with Crippen LogP contribution in [0.25, 0.3) is 0 Å². The van der Waals surface area contributed by atoms with Crippen LogP contribution in [0, 0.1) is 0 Å². The minimum absolute atomic E-state index is 0. The van der Waals surface area contributed by atoms with E-state index in [2.05, 4.69) is 12.0 Å². The summed E-state index contributed by atoms with van der Waals surface area (Å²) in [6.45, 7) is 6.12. The molecule has 0 spiro atoms. The summed E-state index contributed by atoms with van der Waals surface area (Å²) in [5, 5.41) is 4.00. The van der Waals surface area contributed by atoms with E-state index in [1.54, 1.807) is 0 Å². The van der Waals surface area contributed by atoms with Gasteiger partial charge in [-0.25, -0.2) is 0 Å². The van der Waals surface area contributed by atoms with Crippen molar-refractivity contribution in [1.29, 1.82) is 0 Å². The minimum atomic E-state index is 0. The lowest BCUT2D eigenvalue weighted by molar-refractivity contribution is 0.767. The van der Waals surface area contributed by atoms with Gasteiger partial charge in [0.2, 0.25) is 0 Å². The molecule has 0 amide bonds. The van der Waals surface area contributed by atoms with Crippen molar-refractivity contribution in [3.8, 4) is 0 Å². The fraction of sp³-hybridized carbons (Fsp3) is 0.667. The van der Waals surface area contributed by atoms with E-state index in [0.29, 0.717) is 0 Å². The van der Waals surface area contributed by atoms with E-state index in [1.807, 2.05) is 38.0 Å². The Morgan fingerprint density at radius 1 is 1.45 bits per heavy atom. The number of nitrogens with zero attached hydrogens (tertiary/aromatic N) is 2. The van der Waals surface area contributed by atoms with Crippen LogP contribution in [0.2, 0.25) is 0 Å². The highest BCUT2D eigenvalue weighted by molar-refractivity contribution is 5.02. The Balaban J connectivity index is 0. The second-order valence-corrected chi connectivity index (χ2v) is 1.88. The zero-order valence-corrected chi connectivity index (χ0v) is 7.26. The summed E-state index contributed by atoms with van der Waals surface area (Å²) in [5.41, 5.74) is 1.30. The number of rotatable bonds is 1. The van der Waals surface area contributed by atoms with Gasteiger partial charge >= 0.3 is 0 Å². The fourth-order valence-electron chi connectivity index (χ4n) is 0.654. The van der Waals surface area contributed by atoms with E-state index in [1.165, 1.54) is 5.56 Å². The molecule has 0 radical (unpaired) electrons. The summed E-state index contributed by atoms with van der Waals surface area (Å²) in [6, 6.07) is 0. The molecule has 2 nitrogen and oxygen atoms in total. The third-order valence-corrected chi connectivity index (χ3v) is 1.17. The van der Waals surface area contributed by atoms with Crippen LogP contribution < -0.4 is 0 Å². The quantitative estimate of drug-likeness (QED) is 0.611. The molecule has 1 heterocycles. The summed E-state index contributed by atoms with van der Waals surface area (Å²) in [5.74, 6) is 0. The zero-order chi connectivity index (χ0) is 7.98. The van der Waals surface area contributed by atoms with Crippen LogP contribution in [-0.4, -0.2) is 9.78 Å². The van der Waals surface area contributed by atoms with Crippen molar-refractivity contribution in [1.82, 2.24) is 9.78 Å². The van der Waals surface area contributed by atoms with Gasteiger partial charge in [-0.05, 0) is 12.0 Å². The highest BCUT2D eigenvalue weighted by atomic mass is 15.2. The van der Waals surface area contributed by atoms with E-state index >= 15 is 0 Å². The number of hydrogen-bond acceptors (Lipinski definition) is 1. The number of aryl methyl sites for hydroxylation is 2. The van der Waals surface area contributed by atoms with E-state index < -0.39 is 0 Å². The SMILES string of the molecule is C.CC.CCc1cnn(C)c1. The molecule has 1 aromatic heterocycles. The molecule has 0 saturated carbocycles. The molecule has 11 heavy (non-hydrogen) atoms. The lowest BCUT2D eigenvalue weighted by Gasteiger charge is -1.81. The smallest absolute Gasteiger partial charge is 0.0521 e. The number of aromatic nitrogens is 2. The van der Waals surface area contributed by atoms with Gasteiger partial charge in [-0.3, -0.25) is 4.68 Å². The van der Waals surface area contributed by atoms with E-state index in [9.17, 15) is 0 Å². The maximum Gasteiger partial charge on any atom is 0.0521 e. The van der Waals surface area contributed by atoms with Gasteiger partial charge in [-0.2, -0.15) is 5.10 Å². The monoisotopic (exact) mass is 156 g/mol. The molecule has 0 unspecified atom stereocenters. The Labute approximate surface area is 70.2 Å². The lowest BCUT2D eigenvalue weighted by Crippen LogP contribution is -1.84. The molecule has 66 valence electrons. The first kappa shape index (κ1) is 12.8. The maximum atomic E-state index is 4.00. The summed E-state index contributed by atoms with van der Waals surface area (Å²) in [7, 11) is 1.93. The summed E-state index contributed by atoms with van der Waals surface area (Å²) < 4.78 is 1.82. The Hall–Kier alpha value is -0.790. The second kappa shape index (κ2) is 7.32. The van der Waals surface area contributed by atoms with Gasteiger partial charge < -0.3 is 0 Å². The molecule has 0 fully saturated rings. The van der Waals surface area contributed by atoms with Crippen LogP contribution in [0.4, 0.5) is 0 Å². The van der Waals surface area contributed by atoms with Crippen molar-refractivity contribution in [2.75, 3.05) is 0 Å². The highest BCUT2D eigenvalue weighted by Gasteiger charge is 1.87. The van der Waals surface area contributed by atoms with Crippen LogP contribution in [-0.2, 0) is 13.5 Å². The van der Waals surface area contributed by atoms with E-state index in [4.69, 9.17) is 0 Å². The molecule has 0 aliphatic rings. The molecule has 0 atom stereocenters. The van der Waals surface area contributed by atoms with Crippen LogP contribution in [0.15, 0.2) is 12.4 Å². The van der Waals surface area contributed by atoms with Crippen molar-refractivity contribution in [3.63, 3.8) is 0 Å². The minimum Gasteiger partial charge on any atom is -0.276 e. The van der Waals surface area contributed by atoms with Crippen molar-refractivity contribution in [2.45, 2.75) is 34.6 Å². The largest absolute Gasteiger partial charge is 0.276 e. The van der Waals surface area contributed by atoms with Gasteiger partial charge in [0.25, 0.3) is 0 Å². The zero-order valence-electron chi connectivity index (χ0n) is 7.26. The molecular weight excluding hydrogens is 136 g/mol. The van der Waals surface area contributed by atoms with Crippen LogP contribution in [0.3, 0.4) is 0 Å². The maximum absolute atomic E-state index is 4.00. The van der Waals surface area contributed by atoms with E-state index in [0.717, 1.165) is 6.42 Å². The van der Waals surface area contributed by atoms with Gasteiger partial charge in [0, 0.05) is 13.2 Å². The first-order valence-corrected chi connectivity index (χ1v) is 3.80. The van der Waals surface area contributed by atoms with Crippen LogP contribution in [0.5, 0.6) is 0 Å². The van der Waals surface area contributed by atoms with Crippen molar-refractivity contribution >= 4 is 0 Å². The predicted molar refractivity (Wildman–Crippen MR) is 50.7 cm³/mol. The molecule has 0 aliphatic heterocycles. The Morgan fingerprint density at radius 2 is 2.00 bits per heavy atom. The fourth-order valence-corrected chi connectivity index (χ4v) is 0.654. The van der Waals surface area contributed by atoms with Crippen molar-refractivity contribution in [3.05, 3.63) is 18.0 Å². The normalized spacial score (nSPS) is 7.64. The molecule has 0 bridgehead atoms. The van der Waals surface area contributed by atoms with Crippen LogP contribution >= 0.6 is 0 Å². The standard InChI is InChI=1S/C6H10N2.C2H6.CH4/c1-3-6-4-7-8(2)5-6;1-2;/h4-5H,3H2,1-2H3;1-2H3;1H4. The van der Waals surface area contributed by atoms with Crippen LogP contribution in [0.1, 0.15) is 33.8 Å². The Morgan fingerprint density at radius 3 is 2.18 bits per heavy atom. The Bertz CT molecular complexity index is 168. The Kier molecular flexibility index (Phi) is 8.55. The molecule has 1 aromatic rings. The lowest BCUT2D eigenvalue weighted by atomic mass is 10.3. The summed E-state index contributed by atoms with van der Waals surface area (Å²) in [4.78, 5) is 0. The topological polar surface area (TPSA) is 17.8 Å². The van der Waals surface area contributed by atoms with Crippen molar-refractivity contribution < 1.29 is 0 Å². The number of hydrogen-bond donors (Lipinski definition) is 0. The predicted octanol–water partition coefficient (Wildman–Crippen LogP) is 2.64. The van der Waals surface area contributed by atoms with Gasteiger partial charge in [0.15, 0.2) is 0 Å². The van der Waals surface area contributed by atoms with Gasteiger partial charge in [-0.1, -0.05) is 28.2 Å². The molecule has 1 rings (SSSR count). The first-order valence-electron chi connectivity index (χ1n) is 3.80. The van der Waals surface area contributed by atoms with Crippen molar-refractivity contribution in [2.24, 2.45) is 7.05 Å². The van der Waals surface area contributed by atoms with Gasteiger partial charge in [0.05, 0.1) is 6.20 Å².